The van der Waals surface area contributed by atoms with Crippen molar-refractivity contribution in [3.05, 3.63) is 34.2 Å². The van der Waals surface area contributed by atoms with Gasteiger partial charge in [0.25, 0.3) is 5.91 Å². The summed E-state index contributed by atoms with van der Waals surface area (Å²) in [4.78, 5) is 25.1. The molecule has 0 aliphatic rings. The number of carbonyl (C=O) groups excluding carboxylic acids is 1. The summed E-state index contributed by atoms with van der Waals surface area (Å²) in [6, 6.07) is 2.78. The molecule has 0 radical (unpaired) electrons. The van der Waals surface area contributed by atoms with Crippen molar-refractivity contribution in [2.75, 3.05) is 27.4 Å². The lowest BCUT2D eigenvalue weighted by atomic mass is 10.2. The van der Waals surface area contributed by atoms with Crippen molar-refractivity contribution in [2.45, 2.75) is 6.10 Å². The monoisotopic (exact) mass is 240 g/mol. The van der Waals surface area contributed by atoms with Crippen LogP contribution in [0.2, 0.25) is 0 Å². The van der Waals surface area contributed by atoms with Gasteiger partial charge in [-0.25, -0.2) is 0 Å². The van der Waals surface area contributed by atoms with E-state index in [9.17, 15) is 9.59 Å². The lowest BCUT2D eigenvalue weighted by Crippen LogP contribution is -2.35. The van der Waals surface area contributed by atoms with Crippen LogP contribution in [0.4, 0.5) is 0 Å². The number of methoxy groups -OCH3 is 2. The molecule has 1 aromatic rings. The third-order valence-corrected chi connectivity index (χ3v) is 2.21. The highest BCUT2D eigenvalue weighted by atomic mass is 16.5. The molecule has 94 valence electrons. The van der Waals surface area contributed by atoms with E-state index < -0.39 is 0 Å². The van der Waals surface area contributed by atoms with E-state index in [0.29, 0.717) is 18.7 Å². The average Bonchev–Trinajstić information content (AvgIpc) is 2.34. The summed E-state index contributed by atoms with van der Waals surface area (Å²) in [6.45, 7) is 0.724. The Balaban J connectivity index is 2.52. The predicted molar refractivity (Wildman–Crippen MR) is 62.1 cm³/mol. The van der Waals surface area contributed by atoms with E-state index in [1.54, 1.807) is 14.2 Å². The molecule has 6 nitrogen and oxygen atoms in total. The van der Waals surface area contributed by atoms with Gasteiger partial charge in [-0.15, -0.1) is 0 Å². The molecule has 1 rings (SSSR count). The van der Waals surface area contributed by atoms with Gasteiger partial charge in [-0.2, -0.15) is 0 Å². The standard InChI is InChI=1S/C11H16N2O4/c1-16-7-9(17-2)6-13-11(15)8-3-4-12-10(14)5-8/h3-5,9H,6-7H2,1-2H3,(H,12,14)(H,13,15). The van der Waals surface area contributed by atoms with Gasteiger partial charge >= 0.3 is 0 Å². The fourth-order valence-corrected chi connectivity index (χ4v) is 1.29. The first kappa shape index (κ1) is 13.4. The summed E-state index contributed by atoms with van der Waals surface area (Å²) in [7, 11) is 3.10. The van der Waals surface area contributed by atoms with Gasteiger partial charge in [0, 0.05) is 38.6 Å². The Morgan fingerprint density at radius 2 is 2.29 bits per heavy atom. The number of pyridine rings is 1. The largest absolute Gasteiger partial charge is 0.382 e. The minimum atomic E-state index is -0.311. The Morgan fingerprint density at radius 3 is 2.88 bits per heavy atom. The maximum absolute atomic E-state index is 11.7. The van der Waals surface area contributed by atoms with Crippen molar-refractivity contribution < 1.29 is 14.3 Å². The Kier molecular flexibility index (Phi) is 5.38. The summed E-state index contributed by atoms with van der Waals surface area (Å²) in [6.07, 6.45) is 1.23. The van der Waals surface area contributed by atoms with E-state index >= 15 is 0 Å². The number of aromatic amines is 1. The maximum atomic E-state index is 11.7. The van der Waals surface area contributed by atoms with E-state index in [1.165, 1.54) is 18.3 Å². The number of ether oxygens (including phenoxy) is 2. The molecule has 1 unspecified atom stereocenters. The molecule has 6 heteroatoms. The van der Waals surface area contributed by atoms with Crippen molar-refractivity contribution in [2.24, 2.45) is 0 Å². The number of nitrogens with one attached hydrogen (secondary N) is 2. The molecule has 0 aromatic carbocycles. The van der Waals surface area contributed by atoms with Gasteiger partial charge in [0.2, 0.25) is 5.56 Å². The third kappa shape index (κ3) is 4.38. The number of H-pyrrole nitrogens is 1. The summed E-state index contributed by atoms with van der Waals surface area (Å²) >= 11 is 0. The minimum absolute atomic E-state index is 0.203. The summed E-state index contributed by atoms with van der Waals surface area (Å²) in [5.74, 6) is -0.311. The quantitative estimate of drug-likeness (QED) is 0.719. The normalized spacial score (nSPS) is 12.1. The molecule has 0 spiro atoms. The number of hydrogen-bond acceptors (Lipinski definition) is 4. The third-order valence-electron chi connectivity index (χ3n) is 2.21. The lowest BCUT2D eigenvalue weighted by Gasteiger charge is -2.14. The van der Waals surface area contributed by atoms with Crippen LogP contribution < -0.4 is 10.9 Å². The molecule has 0 aliphatic carbocycles. The molecule has 1 aromatic heterocycles. The number of aromatic nitrogens is 1. The topological polar surface area (TPSA) is 80.4 Å². The average molecular weight is 240 g/mol. The van der Waals surface area contributed by atoms with Crippen LogP contribution in [0.1, 0.15) is 10.4 Å². The fraction of sp³-hybridized carbons (Fsp3) is 0.455. The number of carbonyl (C=O) groups is 1. The number of amides is 1. The molecule has 0 saturated heterocycles. The first-order chi connectivity index (χ1) is 8.17. The fourth-order valence-electron chi connectivity index (χ4n) is 1.29. The number of rotatable bonds is 6. The number of hydrogen-bond donors (Lipinski definition) is 2. The van der Waals surface area contributed by atoms with E-state index in [4.69, 9.17) is 9.47 Å². The van der Waals surface area contributed by atoms with Crippen molar-refractivity contribution in [3.63, 3.8) is 0 Å². The van der Waals surface area contributed by atoms with Gasteiger partial charge in [0.05, 0.1) is 12.7 Å². The van der Waals surface area contributed by atoms with E-state index in [2.05, 4.69) is 10.3 Å². The van der Waals surface area contributed by atoms with Gasteiger partial charge in [-0.3, -0.25) is 9.59 Å². The van der Waals surface area contributed by atoms with Crippen molar-refractivity contribution in [1.82, 2.24) is 10.3 Å². The van der Waals surface area contributed by atoms with Crippen LogP contribution >= 0.6 is 0 Å². The second-order valence-corrected chi connectivity index (χ2v) is 3.46. The van der Waals surface area contributed by atoms with E-state index in [1.807, 2.05) is 0 Å². The molecule has 0 fully saturated rings. The zero-order valence-electron chi connectivity index (χ0n) is 9.86. The van der Waals surface area contributed by atoms with Gasteiger partial charge in [-0.1, -0.05) is 0 Å². The zero-order valence-corrected chi connectivity index (χ0v) is 9.86. The van der Waals surface area contributed by atoms with Crippen LogP contribution in [-0.4, -0.2) is 44.4 Å². The molecule has 17 heavy (non-hydrogen) atoms. The highest BCUT2D eigenvalue weighted by Gasteiger charge is 2.10. The van der Waals surface area contributed by atoms with Gasteiger partial charge in [-0.05, 0) is 6.07 Å². The maximum Gasteiger partial charge on any atom is 0.251 e. The Morgan fingerprint density at radius 1 is 1.53 bits per heavy atom. The Labute approximate surface area is 98.9 Å². The first-order valence-corrected chi connectivity index (χ1v) is 5.16. The minimum Gasteiger partial charge on any atom is -0.382 e. The van der Waals surface area contributed by atoms with Gasteiger partial charge in [0.15, 0.2) is 0 Å². The highest BCUT2D eigenvalue weighted by Crippen LogP contribution is 1.94. The van der Waals surface area contributed by atoms with E-state index in [-0.39, 0.29) is 17.6 Å². The Bertz CT molecular complexity index is 416. The van der Waals surface area contributed by atoms with Crippen molar-refractivity contribution in [1.29, 1.82) is 0 Å². The second kappa shape index (κ2) is 6.82. The molecular formula is C11H16N2O4. The van der Waals surface area contributed by atoms with Crippen LogP contribution in [0.25, 0.3) is 0 Å². The van der Waals surface area contributed by atoms with Crippen LogP contribution in [0.3, 0.4) is 0 Å². The van der Waals surface area contributed by atoms with Crippen molar-refractivity contribution in [3.8, 4) is 0 Å². The lowest BCUT2D eigenvalue weighted by molar-refractivity contribution is 0.0285. The molecule has 0 bridgehead atoms. The summed E-state index contributed by atoms with van der Waals surface area (Å²) in [5.41, 5.74) is 0.0128. The molecule has 1 heterocycles. The van der Waals surface area contributed by atoms with Crippen LogP contribution in [0.5, 0.6) is 0 Å². The van der Waals surface area contributed by atoms with Crippen LogP contribution in [-0.2, 0) is 9.47 Å². The summed E-state index contributed by atoms with van der Waals surface area (Å²) < 4.78 is 10.0. The molecule has 1 amide bonds. The molecule has 1 atom stereocenters. The second-order valence-electron chi connectivity index (χ2n) is 3.46. The smallest absolute Gasteiger partial charge is 0.251 e. The zero-order chi connectivity index (χ0) is 12.7. The first-order valence-electron chi connectivity index (χ1n) is 5.16. The van der Waals surface area contributed by atoms with Crippen LogP contribution in [0.15, 0.2) is 23.1 Å². The molecule has 0 saturated carbocycles. The van der Waals surface area contributed by atoms with Crippen molar-refractivity contribution >= 4 is 5.91 Å². The van der Waals surface area contributed by atoms with Gasteiger partial charge < -0.3 is 19.8 Å². The van der Waals surface area contributed by atoms with Gasteiger partial charge in [0.1, 0.15) is 0 Å². The predicted octanol–water partition coefficient (Wildman–Crippen LogP) is -0.234. The SMILES string of the molecule is COCC(CNC(=O)c1cc[nH]c(=O)c1)OC. The molecule has 2 N–H and O–H groups in total. The van der Waals surface area contributed by atoms with E-state index in [0.717, 1.165) is 0 Å². The molecule has 0 aliphatic heterocycles. The van der Waals surface area contributed by atoms with Crippen LogP contribution in [0, 0.1) is 0 Å². The Hall–Kier alpha value is -1.66. The summed E-state index contributed by atoms with van der Waals surface area (Å²) in [5, 5.41) is 2.67. The molecular weight excluding hydrogens is 224 g/mol. The highest BCUT2D eigenvalue weighted by molar-refractivity contribution is 5.93.